The summed E-state index contributed by atoms with van der Waals surface area (Å²) in [6.07, 6.45) is 9.31. The molecule has 8 heteroatoms. The predicted octanol–water partition coefficient (Wildman–Crippen LogP) is 3.69. The highest BCUT2D eigenvalue weighted by Gasteiger charge is 2.56. The molecule has 0 radical (unpaired) electrons. The number of nitrogens with zero attached hydrogens (tertiary/aromatic N) is 3. The van der Waals surface area contributed by atoms with Crippen LogP contribution < -0.4 is 16.2 Å². The van der Waals surface area contributed by atoms with Gasteiger partial charge < -0.3 is 10.6 Å². The normalized spacial score (nSPS) is 29.0. The molecule has 2 aromatic heterocycles. The number of nitrogens with one attached hydrogen (secondary N) is 2. The van der Waals surface area contributed by atoms with Crippen LogP contribution in [0.25, 0.3) is 0 Å². The van der Waals surface area contributed by atoms with Crippen molar-refractivity contribution in [3.05, 3.63) is 51.1 Å². The Kier molecular flexibility index (Phi) is 5.19. The average Bonchev–Trinajstić information content (AvgIpc) is 3.55. The van der Waals surface area contributed by atoms with Gasteiger partial charge >= 0.3 is 0 Å². The predicted molar refractivity (Wildman–Crippen MR) is 126 cm³/mol. The molecule has 0 unspecified atom stereocenters. The molecule has 32 heavy (non-hydrogen) atoms. The first-order chi connectivity index (χ1) is 15.2. The number of carbonyl (C=O) groups excluding carboxylic acids is 1. The number of rotatable bonds is 6. The number of aromatic nitrogens is 3. The van der Waals surface area contributed by atoms with Gasteiger partial charge in [-0.15, -0.1) is 0 Å². The average molecular weight is 500 g/mol. The molecule has 4 aliphatic rings. The molecule has 0 saturated heterocycles. The molecule has 1 amide bonds. The lowest BCUT2D eigenvalue weighted by molar-refractivity contribution is -0.123. The molecule has 4 atom stereocenters. The van der Waals surface area contributed by atoms with Crippen molar-refractivity contribution in [2.45, 2.75) is 64.6 Å². The van der Waals surface area contributed by atoms with Crippen molar-refractivity contribution in [2.24, 2.45) is 23.2 Å². The van der Waals surface area contributed by atoms with Gasteiger partial charge in [0, 0.05) is 18.4 Å². The molecule has 4 saturated carbocycles. The Morgan fingerprint density at radius 2 is 1.97 bits per heavy atom. The third-order valence-electron chi connectivity index (χ3n) is 8.33. The summed E-state index contributed by atoms with van der Waals surface area (Å²) in [5.41, 5.74) is 1.53. The van der Waals surface area contributed by atoms with Gasteiger partial charge in [0.1, 0.15) is 11.0 Å². The smallest absolute Gasteiger partial charge is 0.283 e. The number of fused-ring (bicyclic) bond motifs is 2. The Labute approximate surface area is 196 Å². The van der Waals surface area contributed by atoms with Crippen LogP contribution in [0.1, 0.15) is 52.0 Å². The van der Waals surface area contributed by atoms with E-state index in [2.05, 4.69) is 57.4 Å². The zero-order chi connectivity index (χ0) is 22.7. The Hall–Kier alpha value is -2.22. The first-order valence-corrected chi connectivity index (χ1v) is 12.2. The zero-order valence-corrected chi connectivity index (χ0v) is 20.4. The van der Waals surface area contributed by atoms with Gasteiger partial charge in [-0.1, -0.05) is 20.8 Å². The van der Waals surface area contributed by atoms with Crippen LogP contribution in [0.5, 0.6) is 0 Å². The number of halogens is 1. The SMILES string of the molecule is C[C@@H]1[C@H]2C[C@@H](C[C@H]1Nc1cnn(CC(=O)NC3(c4ccncc4)CC3)c(=O)c1Br)C2(C)C. The van der Waals surface area contributed by atoms with Crippen LogP contribution in [0.15, 0.2) is 40.0 Å². The molecule has 7 nitrogen and oxygen atoms in total. The molecule has 6 rings (SSSR count). The van der Waals surface area contributed by atoms with E-state index in [0.29, 0.717) is 33.5 Å². The van der Waals surface area contributed by atoms with Crippen LogP contribution in [0.4, 0.5) is 5.69 Å². The minimum Gasteiger partial charge on any atom is -0.380 e. The monoisotopic (exact) mass is 499 g/mol. The lowest BCUT2D eigenvalue weighted by Gasteiger charge is -2.62. The fourth-order valence-corrected chi connectivity index (χ4v) is 6.36. The van der Waals surface area contributed by atoms with Gasteiger partial charge in [0.25, 0.3) is 5.56 Å². The van der Waals surface area contributed by atoms with Crippen molar-refractivity contribution in [1.82, 2.24) is 20.1 Å². The van der Waals surface area contributed by atoms with Crippen LogP contribution in [0, 0.1) is 23.2 Å². The molecule has 170 valence electrons. The summed E-state index contributed by atoms with van der Waals surface area (Å²) in [6, 6.07) is 4.18. The molecule has 0 aliphatic heterocycles. The molecule has 0 aromatic carbocycles. The zero-order valence-electron chi connectivity index (χ0n) is 18.8. The number of hydrogen-bond acceptors (Lipinski definition) is 5. The number of pyridine rings is 1. The van der Waals surface area contributed by atoms with Gasteiger partial charge in [-0.25, -0.2) is 4.68 Å². The number of hydrogen-bond donors (Lipinski definition) is 2. The minimum atomic E-state index is -0.339. The number of anilines is 1. The van der Waals surface area contributed by atoms with E-state index in [1.54, 1.807) is 18.6 Å². The molecule has 2 N–H and O–H groups in total. The molecule has 2 aromatic rings. The highest BCUT2D eigenvalue weighted by Crippen LogP contribution is 2.61. The van der Waals surface area contributed by atoms with Crippen LogP contribution in [0.2, 0.25) is 0 Å². The Morgan fingerprint density at radius 1 is 1.25 bits per heavy atom. The summed E-state index contributed by atoms with van der Waals surface area (Å²) in [5, 5.41) is 10.9. The summed E-state index contributed by atoms with van der Waals surface area (Å²) in [6.45, 7) is 6.96. The molecular weight excluding hydrogens is 470 g/mol. The molecule has 2 heterocycles. The standard InChI is InChI=1S/C24H30BrN5O2/c1-14-17-10-16(23(17,2)3)11-18(14)28-19-12-27-30(22(32)21(19)25)13-20(31)29-24(6-7-24)15-4-8-26-9-5-15/h4-5,8-9,12,14,16-18,28H,6-7,10-11,13H2,1-3H3,(H,29,31)/t14-,16+,17-,18-/m1/s1. The van der Waals surface area contributed by atoms with E-state index >= 15 is 0 Å². The lowest BCUT2D eigenvalue weighted by Crippen LogP contribution is -2.58. The Morgan fingerprint density at radius 3 is 2.59 bits per heavy atom. The second-order valence-electron chi connectivity index (χ2n) is 10.4. The van der Waals surface area contributed by atoms with Crippen molar-refractivity contribution in [3.63, 3.8) is 0 Å². The quantitative estimate of drug-likeness (QED) is 0.632. The largest absolute Gasteiger partial charge is 0.380 e. The van der Waals surface area contributed by atoms with Crippen molar-refractivity contribution in [2.75, 3.05) is 5.32 Å². The summed E-state index contributed by atoms with van der Waals surface area (Å²) in [7, 11) is 0. The maximum absolute atomic E-state index is 12.9. The molecule has 4 aliphatic carbocycles. The van der Waals surface area contributed by atoms with Crippen molar-refractivity contribution >= 4 is 27.5 Å². The second-order valence-corrected chi connectivity index (χ2v) is 11.2. The van der Waals surface area contributed by atoms with Crippen molar-refractivity contribution in [3.8, 4) is 0 Å². The van der Waals surface area contributed by atoms with Gasteiger partial charge in [0.2, 0.25) is 5.91 Å². The van der Waals surface area contributed by atoms with E-state index in [9.17, 15) is 9.59 Å². The van der Waals surface area contributed by atoms with Crippen LogP contribution in [-0.4, -0.2) is 26.7 Å². The molecular formula is C24H30BrN5O2. The van der Waals surface area contributed by atoms with Crippen molar-refractivity contribution < 1.29 is 4.79 Å². The van der Waals surface area contributed by atoms with Crippen LogP contribution >= 0.6 is 15.9 Å². The van der Waals surface area contributed by atoms with E-state index in [-0.39, 0.29) is 23.6 Å². The summed E-state index contributed by atoms with van der Waals surface area (Å²) in [4.78, 5) is 29.6. The van der Waals surface area contributed by atoms with E-state index in [1.165, 1.54) is 11.1 Å². The summed E-state index contributed by atoms with van der Waals surface area (Å²) >= 11 is 3.45. The van der Waals surface area contributed by atoms with E-state index in [1.807, 2.05) is 12.1 Å². The number of carbonyl (C=O) groups is 1. The van der Waals surface area contributed by atoms with Gasteiger partial charge in [-0.3, -0.25) is 14.6 Å². The minimum absolute atomic E-state index is 0.108. The third-order valence-corrected chi connectivity index (χ3v) is 9.10. The van der Waals surface area contributed by atoms with Gasteiger partial charge in [0.15, 0.2) is 0 Å². The van der Waals surface area contributed by atoms with E-state index < -0.39 is 0 Å². The van der Waals surface area contributed by atoms with Gasteiger partial charge in [-0.05, 0) is 82.5 Å². The van der Waals surface area contributed by atoms with E-state index in [0.717, 1.165) is 30.7 Å². The topological polar surface area (TPSA) is 88.9 Å². The highest BCUT2D eigenvalue weighted by molar-refractivity contribution is 9.10. The maximum atomic E-state index is 12.9. The Bertz CT molecular complexity index is 1100. The van der Waals surface area contributed by atoms with E-state index in [4.69, 9.17) is 0 Å². The number of amides is 1. The molecule has 0 spiro atoms. The van der Waals surface area contributed by atoms with Crippen molar-refractivity contribution in [1.29, 1.82) is 0 Å². The third kappa shape index (κ3) is 3.56. The lowest BCUT2D eigenvalue weighted by atomic mass is 9.45. The summed E-state index contributed by atoms with van der Waals surface area (Å²) in [5.74, 6) is 1.76. The van der Waals surface area contributed by atoms with Gasteiger partial charge in [-0.2, -0.15) is 5.10 Å². The molecule has 2 bridgehead atoms. The van der Waals surface area contributed by atoms with Gasteiger partial charge in [0.05, 0.1) is 17.4 Å². The maximum Gasteiger partial charge on any atom is 0.283 e. The van der Waals surface area contributed by atoms with Crippen LogP contribution in [0.3, 0.4) is 0 Å². The Balaban J connectivity index is 1.26. The molecule has 4 fully saturated rings. The fourth-order valence-electron chi connectivity index (χ4n) is 5.94. The first-order valence-electron chi connectivity index (χ1n) is 11.4. The fraction of sp³-hybridized carbons (Fsp3) is 0.583. The van der Waals surface area contributed by atoms with Crippen LogP contribution in [-0.2, 0) is 16.9 Å². The highest BCUT2D eigenvalue weighted by atomic mass is 79.9. The summed E-state index contributed by atoms with van der Waals surface area (Å²) < 4.78 is 1.65. The first kappa shape index (κ1) is 21.6. The second kappa shape index (κ2) is 7.68.